The summed E-state index contributed by atoms with van der Waals surface area (Å²) in [5.41, 5.74) is 6.15. The molecule has 2 rings (SSSR count). The van der Waals surface area contributed by atoms with Crippen LogP contribution in [0.15, 0.2) is 29.3 Å². The van der Waals surface area contributed by atoms with E-state index in [2.05, 4.69) is 15.6 Å². The molecule has 1 aromatic carbocycles. The Morgan fingerprint density at radius 1 is 1.27 bits per heavy atom. The largest absolute Gasteiger partial charge is 0.484 e. The van der Waals surface area contributed by atoms with Crippen LogP contribution in [0.3, 0.4) is 0 Å². The molecule has 0 aliphatic heterocycles. The Morgan fingerprint density at radius 3 is 2.81 bits per heavy atom. The van der Waals surface area contributed by atoms with E-state index in [1.54, 1.807) is 7.05 Å². The number of aliphatic imine (C=N–C) groups is 1. The predicted octanol–water partition coefficient (Wildman–Crippen LogP) is 2.58. The number of nitrogens with zero attached hydrogens (tertiary/aromatic N) is 1. The van der Waals surface area contributed by atoms with Crippen LogP contribution in [-0.4, -0.2) is 32.1 Å². The number of carbonyl (C=O) groups excluding carboxylic acids is 1. The first-order valence-corrected chi connectivity index (χ1v) is 9.62. The van der Waals surface area contributed by atoms with Gasteiger partial charge in [-0.2, -0.15) is 0 Å². The first-order chi connectivity index (χ1) is 12.7. The van der Waals surface area contributed by atoms with Crippen molar-refractivity contribution in [3.8, 4) is 5.75 Å². The van der Waals surface area contributed by atoms with E-state index >= 15 is 0 Å². The Bertz CT molecular complexity index is 583. The highest BCUT2D eigenvalue weighted by Gasteiger charge is 2.13. The van der Waals surface area contributed by atoms with Gasteiger partial charge in [-0.1, -0.05) is 50.7 Å². The molecule has 4 N–H and O–H groups in total. The summed E-state index contributed by atoms with van der Waals surface area (Å²) in [6.45, 7) is 1.46. The maximum atomic E-state index is 10.8. The van der Waals surface area contributed by atoms with Crippen LogP contribution < -0.4 is 21.1 Å². The predicted molar refractivity (Wildman–Crippen MR) is 105 cm³/mol. The number of carbonyl (C=O) groups is 1. The molecule has 0 saturated heterocycles. The highest BCUT2D eigenvalue weighted by atomic mass is 16.5. The average molecular weight is 361 g/mol. The molecule has 1 fully saturated rings. The third-order valence-corrected chi connectivity index (χ3v) is 4.77. The van der Waals surface area contributed by atoms with Crippen molar-refractivity contribution in [2.24, 2.45) is 16.6 Å². The molecular weight excluding hydrogens is 328 g/mol. The molecule has 6 heteroatoms. The molecule has 1 aliphatic carbocycles. The quantitative estimate of drug-likeness (QED) is 0.340. The zero-order chi connectivity index (χ0) is 18.6. The highest BCUT2D eigenvalue weighted by Crippen LogP contribution is 2.28. The summed E-state index contributed by atoms with van der Waals surface area (Å²) < 4.78 is 5.33. The zero-order valence-corrected chi connectivity index (χ0v) is 15.8. The van der Waals surface area contributed by atoms with Crippen molar-refractivity contribution < 1.29 is 9.53 Å². The summed E-state index contributed by atoms with van der Waals surface area (Å²) in [7, 11) is 1.78. The van der Waals surface area contributed by atoms with Gasteiger partial charge in [-0.25, -0.2) is 0 Å². The van der Waals surface area contributed by atoms with Gasteiger partial charge in [0, 0.05) is 20.1 Å². The Labute approximate surface area is 156 Å². The van der Waals surface area contributed by atoms with E-state index < -0.39 is 5.91 Å². The lowest BCUT2D eigenvalue weighted by atomic mass is 10.0. The van der Waals surface area contributed by atoms with Gasteiger partial charge in [-0.05, 0) is 30.0 Å². The van der Waals surface area contributed by atoms with E-state index in [0.29, 0.717) is 12.3 Å². The smallest absolute Gasteiger partial charge is 0.255 e. The molecule has 0 spiro atoms. The minimum atomic E-state index is -0.480. The summed E-state index contributed by atoms with van der Waals surface area (Å²) in [5.74, 6) is 1.93. The minimum Gasteiger partial charge on any atom is -0.484 e. The summed E-state index contributed by atoms with van der Waals surface area (Å²) in [5, 5.41) is 6.67. The van der Waals surface area contributed by atoms with Gasteiger partial charge in [-0.15, -0.1) is 0 Å². The number of rotatable bonds is 10. The van der Waals surface area contributed by atoms with E-state index in [4.69, 9.17) is 10.5 Å². The summed E-state index contributed by atoms with van der Waals surface area (Å²) in [6, 6.07) is 7.60. The molecule has 0 heterocycles. The van der Waals surface area contributed by atoms with Gasteiger partial charge < -0.3 is 21.1 Å². The number of benzene rings is 1. The maximum absolute atomic E-state index is 10.8. The molecule has 1 aliphatic rings. The molecule has 1 aromatic rings. The van der Waals surface area contributed by atoms with Crippen LogP contribution >= 0.6 is 0 Å². The van der Waals surface area contributed by atoms with E-state index in [0.717, 1.165) is 24.0 Å². The number of nitrogens with two attached hydrogens (primary N) is 1. The van der Waals surface area contributed by atoms with Gasteiger partial charge in [0.25, 0.3) is 5.91 Å². The minimum absolute atomic E-state index is 0.110. The monoisotopic (exact) mass is 360 g/mol. The number of hydrogen-bond acceptors (Lipinski definition) is 3. The van der Waals surface area contributed by atoms with Crippen LogP contribution in [0.4, 0.5) is 0 Å². The Hall–Kier alpha value is -2.24. The Kier molecular flexibility index (Phi) is 8.79. The van der Waals surface area contributed by atoms with Crippen molar-refractivity contribution in [2.75, 3.05) is 20.2 Å². The fraction of sp³-hybridized carbons (Fsp3) is 0.600. The van der Waals surface area contributed by atoms with E-state index in [9.17, 15) is 4.79 Å². The van der Waals surface area contributed by atoms with Crippen molar-refractivity contribution >= 4 is 11.9 Å². The van der Waals surface area contributed by atoms with Gasteiger partial charge in [-0.3, -0.25) is 9.79 Å². The van der Waals surface area contributed by atoms with Gasteiger partial charge >= 0.3 is 0 Å². The molecule has 0 atom stereocenters. The van der Waals surface area contributed by atoms with Crippen molar-refractivity contribution in [1.82, 2.24) is 10.6 Å². The van der Waals surface area contributed by atoms with Gasteiger partial charge in [0.05, 0.1) is 0 Å². The number of hydrogen-bond donors (Lipinski definition) is 3. The van der Waals surface area contributed by atoms with Crippen LogP contribution in [0.25, 0.3) is 0 Å². The third-order valence-electron chi connectivity index (χ3n) is 4.77. The van der Waals surface area contributed by atoms with Gasteiger partial charge in [0.1, 0.15) is 5.75 Å². The molecule has 0 aromatic heterocycles. The summed E-state index contributed by atoms with van der Waals surface area (Å²) >= 11 is 0. The van der Waals surface area contributed by atoms with Crippen LogP contribution in [0.1, 0.15) is 50.5 Å². The van der Waals surface area contributed by atoms with Crippen LogP contribution in [-0.2, 0) is 11.3 Å². The lowest BCUT2D eigenvalue weighted by Crippen LogP contribution is -2.37. The van der Waals surface area contributed by atoms with Crippen molar-refractivity contribution in [3.63, 3.8) is 0 Å². The second-order valence-corrected chi connectivity index (χ2v) is 6.90. The standard InChI is InChI=1S/C20H32N4O2/c1-22-20(23-12-5-4-9-16-7-2-3-8-16)24-14-17-10-6-11-18(13-17)26-15-19(21)25/h6,10-11,13,16H,2-5,7-9,12,14-15H2,1H3,(H2,21,25)(H2,22,23,24). The van der Waals surface area contributed by atoms with Crippen LogP contribution in [0.5, 0.6) is 5.75 Å². The molecule has 0 bridgehead atoms. The fourth-order valence-corrected chi connectivity index (χ4v) is 3.37. The van der Waals surface area contributed by atoms with Crippen LogP contribution in [0, 0.1) is 5.92 Å². The molecule has 0 radical (unpaired) electrons. The Morgan fingerprint density at radius 2 is 2.08 bits per heavy atom. The van der Waals surface area contributed by atoms with Crippen molar-refractivity contribution in [1.29, 1.82) is 0 Å². The first kappa shape index (κ1) is 20.1. The molecule has 144 valence electrons. The third kappa shape index (κ3) is 7.76. The molecule has 6 nitrogen and oxygen atoms in total. The molecule has 0 unspecified atom stereocenters. The zero-order valence-electron chi connectivity index (χ0n) is 15.8. The number of ether oxygens (including phenoxy) is 1. The SMILES string of the molecule is CN=C(NCCCCC1CCCC1)NCc1cccc(OCC(N)=O)c1. The lowest BCUT2D eigenvalue weighted by Gasteiger charge is -2.13. The number of unbranched alkanes of at least 4 members (excludes halogenated alkanes) is 1. The lowest BCUT2D eigenvalue weighted by molar-refractivity contribution is -0.119. The number of amides is 1. The maximum Gasteiger partial charge on any atom is 0.255 e. The normalized spacial score (nSPS) is 15.0. The summed E-state index contributed by atoms with van der Waals surface area (Å²) in [4.78, 5) is 15.1. The molecule has 1 saturated carbocycles. The Balaban J connectivity index is 1.64. The second kappa shape index (κ2) is 11.4. The van der Waals surface area contributed by atoms with Gasteiger partial charge in [0.15, 0.2) is 12.6 Å². The number of guanidine groups is 1. The second-order valence-electron chi connectivity index (χ2n) is 6.90. The van der Waals surface area contributed by atoms with E-state index in [1.807, 2.05) is 24.3 Å². The average Bonchev–Trinajstić information content (AvgIpc) is 3.16. The highest BCUT2D eigenvalue weighted by molar-refractivity contribution is 5.79. The van der Waals surface area contributed by atoms with Crippen molar-refractivity contribution in [3.05, 3.63) is 29.8 Å². The van der Waals surface area contributed by atoms with Crippen molar-refractivity contribution in [2.45, 2.75) is 51.5 Å². The van der Waals surface area contributed by atoms with Crippen LogP contribution in [0.2, 0.25) is 0 Å². The summed E-state index contributed by atoms with van der Waals surface area (Å²) in [6.07, 6.45) is 9.54. The van der Waals surface area contributed by atoms with E-state index in [1.165, 1.54) is 44.9 Å². The van der Waals surface area contributed by atoms with Gasteiger partial charge in [0.2, 0.25) is 0 Å². The molecular formula is C20H32N4O2. The molecule has 26 heavy (non-hydrogen) atoms. The topological polar surface area (TPSA) is 88.7 Å². The fourth-order valence-electron chi connectivity index (χ4n) is 3.37. The number of primary amides is 1. The first-order valence-electron chi connectivity index (χ1n) is 9.62. The van der Waals surface area contributed by atoms with E-state index in [-0.39, 0.29) is 6.61 Å². The number of nitrogens with one attached hydrogen (secondary N) is 2. The molecule has 1 amide bonds.